The van der Waals surface area contributed by atoms with Gasteiger partial charge in [-0.25, -0.2) is 8.42 Å². The van der Waals surface area contributed by atoms with Crippen LogP contribution in [0.25, 0.3) is 0 Å². The van der Waals surface area contributed by atoms with Crippen molar-refractivity contribution < 1.29 is 8.42 Å². The summed E-state index contributed by atoms with van der Waals surface area (Å²) < 4.78 is 23.0. The van der Waals surface area contributed by atoms with Crippen LogP contribution in [0.5, 0.6) is 0 Å². The molecule has 1 heterocycles. The van der Waals surface area contributed by atoms with E-state index in [2.05, 4.69) is 11.8 Å². The van der Waals surface area contributed by atoms with Crippen LogP contribution in [0.15, 0.2) is 29.2 Å². The minimum absolute atomic E-state index is 0.359. The first-order valence-corrected chi connectivity index (χ1v) is 9.11. The molecule has 0 saturated carbocycles. The number of anilines is 1. The maximum atomic E-state index is 11.5. The highest BCUT2D eigenvalue weighted by molar-refractivity contribution is 7.90. The first kappa shape index (κ1) is 15.3. The molecule has 4 nitrogen and oxygen atoms in total. The molecular formula is C15H24N2O2S. The summed E-state index contributed by atoms with van der Waals surface area (Å²) in [5.41, 5.74) is 6.98. The van der Waals surface area contributed by atoms with Crippen LogP contribution in [0.4, 0.5) is 5.69 Å². The first-order valence-electron chi connectivity index (χ1n) is 7.22. The molecule has 0 aliphatic carbocycles. The topological polar surface area (TPSA) is 63.4 Å². The molecule has 0 bridgehead atoms. The highest BCUT2D eigenvalue weighted by Gasteiger charge is 2.26. The summed E-state index contributed by atoms with van der Waals surface area (Å²) in [7, 11) is -3.13. The van der Waals surface area contributed by atoms with E-state index in [1.165, 1.54) is 19.1 Å². The largest absolute Gasteiger partial charge is 0.367 e. The van der Waals surface area contributed by atoms with E-state index in [1.807, 2.05) is 12.1 Å². The van der Waals surface area contributed by atoms with E-state index in [9.17, 15) is 8.42 Å². The summed E-state index contributed by atoms with van der Waals surface area (Å²) >= 11 is 0. The van der Waals surface area contributed by atoms with E-state index in [0.29, 0.717) is 17.5 Å². The molecule has 1 aliphatic heterocycles. The molecule has 1 saturated heterocycles. The van der Waals surface area contributed by atoms with Crippen LogP contribution >= 0.6 is 0 Å². The third kappa shape index (κ3) is 3.33. The summed E-state index contributed by atoms with van der Waals surface area (Å²) in [6.07, 6.45) is 4.75. The van der Waals surface area contributed by atoms with Gasteiger partial charge in [-0.15, -0.1) is 0 Å². The average molecular weight is 296 g/mol. The second-order valence-electron chi connectivity index (χ2n) is 5.65. The fraction of sp³-hybridized carbons (Fsp3) is 0.600. The SMILES string of the molecule is CCC1CCN(c2ccc(S(C)(=O)=O)cc2)C(CN)C1. The van der Waals surface area contributed by atoms with E-state index in [-0.39, 0.29) is 0 Å². The Labute approximate surface area is 121 Å². The maximum absolute atomic E-state index is 11.5. The molecule has 1 aliphatic rings. The molecule has 0 radical (unpaired) electrons. The molecule has 112 valence electrons. The van der Waals surface area contributed by atoms with Crippen LogP contribution in [0.1, 0.15) is 26.2 Å². The Morgan fingerprint density at radius 1 is 1.30 bits per heavy atom. The van der Waals surface area contributed by atoms with Crippen LogP contribution in [0.3, 0.4) is 0 Å². The highest BCUT2D eigenvalue weighted by atomic mass is 32.2. The van der Waals surface area contributed by atoms with Gasteiger partial charge in [0.1, 0.15) is 0 Å². The number of nitrogens with zero attached hydrogens (tertiary/aromatic N) is 1. The monoisotopic (exact) mass is 296 g/mol. The zero-order chi connectivity index (χ0) is 14.8. The average Bonchev–Trinajstić information content (AvgIpc) is 2.45. The Morgan fingerprint density at radius 3 is 2.45 bits per heavy atom. The van der Waals surface area contributed by atoms with Gasteiger partial charge >= 0.3 is 0 Å². The molecule has 5 heteroatoms. The number of sulfone groups is 1. The van der Waals surface area contributed by atoms with Crippen molar-refractivity contribution in [1.82, 2.24) is 0 Å². The number of benzene rings is 1. The molecule has 0 spiro atoms. The van der Waals surface area contributed by atoms with Gasteiger partial charge in [0, 0.05) is 31.1 Å². The number of rotatable bonds is 4. The van der Waals surface area contributed by atoms with E-state index in [4.69, 9.17) is 5.73 Å². The van der Waals surface area contributed by atoms with Crippen LogP contribution in [0.2, 0.25) is 0 Å². The third-order valence-electron chi connectivity index (χ3n) is 4.27. The third-order valence-corrected chi connectivity index (χ3v) is 5.40. The lowest BCUT2D eigenvalue weighted by molar-refractivity contribution is 0.336. The van der Waals surface area contributed by atoms with Gasteiger partial charge in [0.15, 0.2) is 9.84 Å². The predicted octanol–water partition coefficient (Wildman–Crippen LogP) is 2.04. The Bertz CT molecular complexity index is 539. The summed E-state index contributed by atoms with van der Waals surface area (Å²) in [6.45, 7) is 3.87. The first-order chi connectivity index (χ1) is 9.45. The molecule has 2 rings (SSSR count). The molecule has 2 atom stereocenters. The lowest BCUT2D eigenvalue weighted by Crippen LogP contribution is -2.46. The minimum atomic E-state index is -3.13. The van der Waals surface area contributed by atoms with Gasteiger partial charge < -0.3 is 10.6 Å². The van der Waals surface area contributed by atoms with Crippen molar-refractivity contribution in [3.05, 3.63) is 24.3 Å². The molecule has 2 unspecified atom stereocenters. The second kappa shape index (κ2) is 6.14. The summed E-state index contributed by atoms with van der Waals surface area (Å²) in [6, 6.07) is 7.52. The highest BCUT2D eigenvalue weighted by Crippen LogP contribution is 2.29. The van der Waals surface area contributed by atoms with Crippen LogP contribution < -0.4 is 10.6 Å². The van der Waals surface area contributed by atoms with Crippen LogP contribution in [0, 0.1) is 5.92 Å². The molecule has 0 aromatic heterocycles. The summed E-state index contributed by atoms with van der Waals surface area (Å²) in [5, 5.41) is 0. The predicted molar refractivity (Wildman–Crippen MR) is 82.8 cm³/mol. The van der Waals surface area contributed by atoms with E-state index >= 15 is 0 Å². The molecule has 1 aromatic carbocycles. The van der Waals surface area contributed by atoms with Gasteiger partial charge in [-0.1, -0.05) is 13.3 Å². The van der Waals surface area contributed by atoms with Gasteiger partial charge in [-0.3, -0.25) is 0 Å². The summed E-state index contributed by atoms with van der Waals surface area (Å²) in [4.78, 5) is 2.69. The van der Waals surface area contributed by atoms with E-state index in [0.717, 1.165) is 24.6 Å². The number of piperidine rings is 1. The Balaban J connectivity index is 2.18. The van der Waals surface area contributed by atoms with Crippen molar-refractivity contribution in [3.8, 4) is 0 Å². The van der Waals surface area contributed by atoms with Crippen molar-refractivity contribution in [2.45, 2.75) is 37.1 Å². The Morgan fingerprint density at radius 2 is 1.95 bits per heavy atom. The van der Waals surface area contributed by atoms with Crippen molar-refractivity contribution in [2.75, 3.05) is 24.2 Å². The number of hydrogen-bond donors (Lipinski definition) is 1. The zero-order valence-electron chi connectivity index (χ0n) is 12.2. The van der Waals surface area contributed by atoms with Crippen LogP contribution in [-0.4, -0.2) is 33.8 Å². The van der Waals surface area contributed by atoms with Crippen molar-refractivity contribution >= 4 is 15.5 Å². The van der Waals surface area contributed by atoms with Gasteiger partial charge in [-0.05, 0) is 43.0 Å². The zero-order valence-corrected chi connectivity index (χ0v) is 13.1. The standard InChI is InChI=1S/C15H24N2O2S/c1-3-12-8-9-17(14(10-12)11-16)13-4-6-15(7-5-13)20(2,18)19/h4-7,12,14H,3,8-11,16H2,1-2H3. The van der Waals surface area contributed by atoms with E-state index in [1.54, 1.807) is 12.1 Å². The van der Waals surface area contributed by atoms with Gasteiger partial charge in [0.25, 0.3) is 0 Å². The van der Waals surface area contributed by atoms with Crippen molar-refractivity contribution in [1.29, 1.82) is 0 Å². The van der Waals surface area contributed by atoms with E-state index < -0.39 is 9.84 Å². The van der Waals surface area contributed by atoms with Crippen LogP contribution in [-0.2, 0) is 9.84 Å². The summed E-state index contributed by atoms with van der Waals surface area (Å²) in [5.74, 6) is 0.759. The van der Waals surface area contributed by atoms with Crippen molar-refractivity contribution in [3.63, 3.8) is 0 Å². The number of hydrogen-bond acceptors (Lipinski definition) is 4. The quantitative estimate of drug-likeness (QED) is 0.923. The molecule has 1 fully saturated rings. The number of nitrogens with two attached hydrogens (primary N) is 1. The smallest absolute Gasteiger partial charge is 0.175 e. The molecule has 20 heavy (non-hydrogen) atoms. The van der Waals surface area contributed by atoms with Gasteiger partial charge in [0.2, 0.25) is 0 Å². The molecule has 1 aromatic rings. The van der Waals surface area contributed by atoms with Gasteiger partial charge in [-0.2, -0.15) is 0 Å². The lowest BCUT2D eigenvalue weighted by atomic mass is 9.88. The fourth-order valence-electron chi connectivity index (χ4n) is 2.95. The second-order valence-corrected chi connectivity index (χ2v) is 7.66. The van der Waals surface area contributed by atoms with Gasteiger partial charge in [0.05, 0.1) is 4.90 Å². The maximum Gasteiger partial charge on any atom is 0.175 e. The fourth-order valence-corrected chi connectivity index (χ4v) is 3.58. The van der Waals surface area contributed by atoms with Crippen molar-refractivity contribution in [2.24, 2.45) is 11.7 Å². The minimum Gasteiger partial charge on any atom is -0.367 e. The lowest BCUT2D eigenvalue weighted by Gasteiger charge is -2.40. The molecule has 2 N–H and O–H groups in total. The molecular weight excluding hydrogens is 272 g/mol. The Hall–Kier alpha value is -1.07. The molecule has 0 amide bonds. The normalized spacial score (nSPS) is 23.9. The Kier molecular flexibility index (Phi) is 4.70.